The van der Waals surface area contributed by atoms with Gasteiger partial charge in [-0.05, 0) is 49.4 Å². The Labute approximate surface area is 112 Å². The lowest BCUT2D eigenvalue weighted by molar-refractivity contribution is 0.0578. The quantitative estimate of drug-likeness (QED) is 0.824. The molecule has 2 heteroatoms. The molecule has 1 unspecified atom stereocenters. The molecule has 0 bridgehead atoms. The number of rotatable bonds is 1. The fraction of sp³-hybridized carbons (Fsp3) is 0.294. The van der Waals surface area contributed by atoms with Gasteiger partial charge in [0.2, 0.25) is 0 Å². The van der Waals surface area contributed by atoms with Crippen LogP contribution in [0.15, 0.2) is 42.5 Å². The van der Waals surface area contributed by atoms with Crippen molar-refractivity contribution in [1.29, 1.82) is 0 Å². The molecule has 0 spiro atoms. The summed E-state index contributed by atoms with van der Waals surface area (Å²) in [5, 5.41) is 11.1. The zero-order valence-corrected chi connectivity index (χ0v) is 11.0. The summed E-state index contributed by atoms with van der Waals surface area (Å²) in [6.07, 6.45) is 2.40. The Morgan fingerprint density at radius 1 is 1.11 bits per heavy atom. The maximum atomic E-state index is 14.1. The highest BCUT2D eigenvalue weighted by Gasteiger charge is 2.37. The van der Waals surface area contributed by atoms with Gasteiger partial charge in [-0.25, -0.2) is 4.39 Å². The molecule has 3 rings (SSSR count). The van der Waals surface area contributed by atoms with Crippen LogP contribution in [0.3, 0.4) is 0 Å². The number of fused-ring (bicyclic) bond motifs is 1. The topological polar surface area (TPSA) is 20.2 Å². The predicted molar refractivity (Wildman–Crippen MR) is 73.5 cm³/mol. The lowest BCUT2D eigenvalue weighted by Crippen LogP contribution is -2.33. The standard InChI is InChI=1S/C17H17FO/c1-12-8-9-16(18)15(11-12)17(19)10-4-6-13-5-2-3-7-14(13)17/h2-3,5,7-9,11,19H,4,6,10H2,1H3. The average Bonchev–Trinajstić information content (AvgIpc) is 2.42. The zero-order valence-electron chi connectivity index (χ0n) is 11.0. The normalized spacial score (nSPS) is 22.1. The first-order valence-electron chi connectivity index (χ1n) is 6.69. The molecule has 0 saturated heterocycles. The summed E-state index contributed by atoms with van der Waals surface area (Å²) < 4.78 is 14.1. The van der Waals surface area contributed by atoms with E-state index >= 15 is 0 Å². The highest BCUT2D eigenvalue weighted by atomic mass is 19.1. The van der Waals surface area contributed by atoms with Crippen molar-refractivity contribution in [3.63, 3.8) is 0 Å². The largest absolute Gasteiger partial charge is 0.380 e. The predicted octanol–water partition coefficient (Wildman–Crippen LogP) is 3.71. The van der Waals surface area contributed by atoms with E-state index in [1.54, 1.807) is 12.1 Å². The van der Waals surface area contributed by atoms with Gasteiger partial charge in [-0.1, -0.05) is 35.9 Å². The van der Waals surface area contributed by atoms with E-state index in [0.717, 1.165) is 29.5 Å². The summed E-state index contributed by atoms with van der Waals surface area (Å²) in [4.78, 5) is 0. The van der Waals surface area contributed by atoms with E-state index in [9.17, 15) is 9.50 Å². The van der Waals surface area contributed by atoms with Crippen molar-refractivity contribution in [3.8, 4) is 0 Å². The summed E-state index contributed by atoms with van der Waals surface area (Å²) in [6.45, 7) is 1.92. The molecule has 2 aromatic carbocycles. The molecule has 19 heavy (non-hydrogen) atoms. The monoisotopic (exact) mass is 256 g/mol. The van der Waals surface area contributed by atoms with Crippen LogP contribution in [0.2, 0.25) is 0 Å². The lowest BCUT2D eigenvalue weighted by atomic mass is 9.74. The van der Waals surface area contributed by atoms with Gasteiger partial charge in [0, 0.05) is 5.56 Å². The van der Waals surface area contributed by atoms with Crippen LogP contribution in [0.5, 0.6) is 0 Å². The summed E-state index contributed by atoms with van der Waals surface area (Å²) in [7, 11) is 0. The fourth-order valence-electron chi connectivity index (χ4n) is 3.05. The van der Waals surface area contributed by atoms with Crippen molar-refractivity contribution in [2.75, 3.05) is 0 Å². The molecule has 0 aromatic heterocycles. The summed E-state index contributed by atoms with van der Waals surface area (Å²) in [6, 6.07) is 12.7. The van der Waals surface area contributed by atoms with Crippen LogP contribution in [0.1, 0.15) is 35.1 Å². The molecule has 0 heterocycles. The van der Waals surface area contributed by atoms with Gasteiger partial charge in [-0.15, -0.1) is 0 Å². The molecular formula is C17H17FO. The van der Waals surface area contributed by atoms with Crippen molar-refractivity contribution >= 4 is 0 Å². The second kappa shape index (κ2) is 4.46. The molecule has 98 valence electrons. The Hall–Kier alpha value is -1.67. The van der Waals surface area contributed by atoms with Gasteiger partial charge >= 0.3 is 0 Å². The second-order valence-corrected chi connectivity index (χ2v) is 5.35. The van der Waals surface area contributed by atoms with Gasteiger partial charge in [-0.3, -0.25) is 0 Å². The summed E-state index contributed by atoms with van der Waals surface area (Å²) >= 11 is 0. The Morgan fingerprint density at radius 2 is 1.89 bits per heavy atom. The van der Waals surface area contributed by atoms with Crippen molar-refractivity contribution in [3.05, 3.63) is 70.5 Å². The number of hydrogen-bond acceptors (Lipinski definition) is 1. The van der Waals surface area contributed by atoms with E-state index in [1.165, 1.54) is 6.07 Å². The van der Waals surface area contributed by atoms with Crippen LogP contribution < -0.4 is 0 Å². The first-order chi connectivity index (χ1) is 9.11. The highest BCUT2D eigenvalue weighted by Crippen LogP contribution is 2.41. The smallest absolute Gasteiger partial charge is 0.129 e. The molecule has 0 amide bonds. The zero-order chi connectivity index (χ0) is 13.5. The van der Waals surface area contributed by atoms with Crippen LogP contribution in [0, 0.1) is 12.7 Å². The fourth-order valence-corrected chi connectivity index (χ4v) is 3.05. The molecule has 0 aliphatic heterocycles. The van der Waals surface area contributed by atoms with Crippen LogP contribution in [0.4, 0.5) is 4.39 Å². The summed E-state index contributed by atoms with van der Waals surface area (Å²) in [5.74, 6) is -0.329. The van der Waals surface area contributed by atoms with E-state index in [-0.39, 0.29) is 5.82 Å². The molecule has 0 radical (unpaired) electrons. The van der Waals surface area contributed by atoms with Gasteiger partial charge in [0.15, 0.2) is 0 Å². The number of hydrogen-bond donors (Lipinski definition) is 1. The number of aryl methyl sites for hydroxylation is 2. The van der Waals surface area contributed by atoms with E-state index in [4.69, 9.17) is 0 Å². The molecule has 0 saturated carbocycles. The molecule has 1 aliphatic carbocycles. The molecule has 1 N–H and O–H groups in total. The lowest BCUT2D eigenvalue weighted by Gasteiger charge is -2.35. The Balaban J connectivity index is 2.21. The first-order valence-corrected chi connectivity index (χ1v) is 6.69. The molecular weight excluding hydrogens is 239 g/mol. The van der Waals surface area contributed by atoms with E-state index in [1.807, 2.05) is 31.2 Å². The minimum atomic E-state index is -1.19. The van der Waals surface area contributed by atoms with Crippen molar-refractivity contribution < 1.29 is 9.50 Å². The third-order valence-corrected chi connectivity index (χ3v) is 4.02. The van der Waals surface area contributed by atoms with Crippen molar-refractivity contribution in [1.82, 2.24) is 0 Å². The van der Waals surface area contributed by atoms with Gasteiger partial charge in [0.1, 0.15) is 11.4 Å². The molecule has 2 aromatic rings. The van der Waals surface area contributed by atoms with Gasteiger partial charge < -0.3 is 5.11 Å². The van der Waals surface area contributed by atoms with Crippen LogP contribution in [-0.2, 0) is 12.0 Å². The highest BCUT2D eigenvalue weighted by molar-refractivity contribution is 5.44. The minimum Gasteiger partial charge on any atom is -0.380 e. The molecule has 1 atom stereocenters. The Morgan fingerprint density at radius 3 is 2.74 bits per heavy atom. The third-order valence-electron chi connectivity index (χ3n) is 4.02. The Kier molecular flexibility index (Phi) is 2.90. The number of aliphatic hydroxyl groups is 1. The molecule has 0 fully saturated rings. The van der Waals surface area contributed by atoms with E-state index in [2.05, 4.69) is 0 Å². The van der Waals surface area contributed by atoms with E-state index in [0.29, 0.717) is 12.0 Å². The van der Waals surface area contributed by atoms with Crippen molar-refractivity contribution in [2.24, 2.45) is 0 Å². The van der Waals surface area contributed by atoms with Crippen LogP contribution in [-0.4, -0.2) is 5.11 Å². The van der Waals surface area contributed by atoms with E-state index < -0.39 is 5.60 Å². The Bertz CT molecular complexity index is 620. The van der Waals surface area contributed by atoms with Gasteiger partial charge in [-0.2, -0.15) is 0 Å². The third kappa shape index (κ3) is 1.96. The number of halogens is 1. The first kappa shape index (κ1) is 12.4. The maximum Gasteiger partial charge on any atom is 0.129 e. The molecule has 1 aliphatic rings. The van der Waals surface area contributed by atoms with Gasteiger partial charge in [0.05, 0.1) is 0 Å². The summed E-state index contributed by atoms with van der Waals surface area (Å²) in [5.41, 5.74) is 2.15. The van der Waals surface area contributed by atoms with Crippen molar-refractivity contribution in [2.45, 2.75) is 31.8 Å². The number of benzene rings is 2. The van der Waals surface area contributed by atoms with Crippen LogP contribution in [0.25, 0.3) is 0 Å². The van der Waals surface area contributed by atoms with Gasteiger partial charge in [0.25, 0.3) is 0 Å². The molecule has 1 nitrogen and oxygen atoms in total. The van der Waals surface area contributed by atoms with Crippen LogP contribution >= 0.6 is 0 Å². The maximum absolute atomic E-state index is 14.1. The SMILES string of the molecule is Cc1ccc(F)c(C2(O)CCCc3ccccc32)c1. The average molecular weight is 256 g/mol. The minimum absolute atomic E-state index is 0.329. The second-order valence-electron chi connectivity index (χ2n) is 5.35.